The number of pyridine rings is 1. The van der Waals surface area contributed by atoms with E-state index in [1.807, 2.05) is 0 Å². The van der Waals surface area contributed by atoms with Crippen LogP contribution in [0.1, 0.15) is 0 Å². The number of carbonyl (C=O) groups excluding carboxylic acids is 1. The van der Waals surface area contributed by atoms with E-state index in [1.54, 1.807) is 24.3 Å². The Hall–Kier alpha value is -2.14. The van der Waals surface area contributed by atoms with Crippen LogP contribution in [0, 0.1) is 5.95 Å². The molecule has 0 spiro atoms. The van der Waals surface area contributed by atoms with Crippen LogP contribution in [0.5, 0.6) is 5.75 Å². The molecule has 0 saturated carbocycles. The van der Waals surface area contributed by atoms with Gasteiger partial charge < -0.3 is 10.1 Å². The molecule has 1 N–H and O–H groups in total. The number of halogens is 2. The molecule has 2 rings (SSSR count). The highest BCUT2D eigenvalue weighted by Crippen LogP contribution is 2.13. The lowest BCUT2D eigenvalue weighted by Gasteiger charge is -2.07. The predicted molar refractivity (Wildman–Crippen MR) is 69.8 cm³/mol. The molecule has 1 amide bonds. The lowest BCUT2D eigenvalue weighted by molar-refractivity contribution is -0.118. The molecule has 0 aliphatic carbocycles. The van der Waals surface area contributed by atoms with Crippen molar-refractivity contribution in [2.75, 3.05) is 11.9 Å². The van der Waals surface area contributed by atoms with E-state index >= 15 is 0 Å². The second-order valence-corrected chi connectivity index (χ2v) is 4.10. The molecule has 0 aliphatic heterocycles. The number of amides is 1. The predicted octanol–water partition coefficient (Wildman–Crippen LogP) is 2.89. The normalized spacial score (nSPS) is 10.0. The van der Waals surface area contributed by atoms with Crippen molar-refractivity contribution in [3.8, 4) is 5.75 Å². The molecule has 19 heavy (non-hydrogen) atoms. The van der Waals surface area contributed by atoms with Gasteiger partial charge in [-0.1, -0.05) is 11.6 Å². The van der Waals surface area contributed by atoms with Gasteiger partial charge in [0.25, 0.3) is 5.91 Å². The number of carbonyl (C=O) groups is 1. The first-order valence-electron chi connectivity index (χ1n) is 5.43. The van der Waals surface area contributed by atoms with Crippen molar-refractivity contribution < 1.29 is 13.9 Å². The van der Waals surface area contributed by atoms with Crippen molar-refractivity contribution >= 4 is 23.2 Å². The van der Waals surface area contributed by atoms with Gasteiger partial charge in [-0.3, -0.25) is 4.79 Å². The second kappa shape index (κ2) is 6.15. The third-order valence-electron chi connectivity index (χ3n) is 2.20. The fourth-order valence-corrected chi connectivity index (χ4v) is 1.45. The molecule has 98 valence electrons. The Labute approximate surface area is 114 Å². The van der Waals surface area contributed by atoms with Gasteiger partial charge in [0.2, 0.25) is 5.95 Å². The highest BCUT2D eigenvalue weighted by atomic mass is 35.5. The maximum absolute atomic E-state index is 12.5. The van der Waals surface area contributed by atoms with Crippen LogP contribution in [0.25, 0.3) is 0 Å². The Morgan fingerprint density at radius 2 is 2.00 bits per heavy atom. The molecule has 1 heterocycles. The van der Waals surface area contributed by atoms with Crippen LogP contribution in [0.2, 0.25) is 5.02 Å². The van der Waals surface area contributed by atoms with E-state index in [9.17, 15) is 9.18 Å². The largest absolute Gasteiger partial charge is 0.482 e. The molecule has 0 fully saturated rings. The maximum atomic E-state index is 12.5. The Bertz CT molecular complexity index is 558. The van der Waals surface area contributed by atoms with E-state index in [-0.39, 0.29) is 12.5 Å². The third kappa shape index (κ3) is 4.22. The fourth-order valence-electron chi connectivity index (χ4n) is 1.33. The Balaban J connectivity index is 1.84. The highest BCUT2D eigenvalue weighted by Gasteiger charge is 2.04. The number of hydrogen-bond donors (Lipinski definition) is 1. The lowest BCUT2D eigenvalue weighted by atomic mass is 10.3. The molecule has 4 nitrogen and oxygen atoms in total. The van der Waals surface area contributed by atoms with E-state index in [4.69, 9.17) is 16.3 Å². The zero-order chi connectivity index (χ0) is 13.7. The molecule has 0 bridgehead atoms. The minimum atomic E-state index is -0.599. The lowest BCUT2D eigenvalue weighted by Crippen LogP contribution is -2.20. The minimum Gasteiger partial charge on any atom is -0.482 e. The average molecular weight is 281 g/mol. The summed E-state index contributed by atoms with van der Waals surface area (Å²) in [5, 5.41) is 3.22. The summed E-state index contributed by atoms with van der Waals surface area (Å²) in [7, 11) is 0. The van der Waals surface area contributed by atoms with Crippen molar-refractivity contribution in [1.82, 2.24) is 4.98 Å². The van der Waals surface area contributed by atoms with Gasteiger partial charge in [0.1, 0.15) is 5.75 Å². The van der Waals surface area contributed by atoms with Crippen LogP contribution in [-0.4, -0.2) is 17.5 Å². The molecule has 0 atom stereocenters. The highest BCUT2D eigenvalue weighted by molar-refractivity contribution is 6.30. The molecule has 0 aliphatic rings. The van der Waals surface area contributed by atoms with E-state index < -0.39 is 5.95 Å². The van der Waals surface area contributed by atoms with Crippen molar-refractivity contribution in [2.45, 2.75) is 0 Å². The van der Waals surface area contributed by atoms with Crippen molar-refractivity contribution in [2.24, 2.45) is 0 Å². The van der Waals surface area contributed by atoms with Crippen LogP contribution in [0.15, 0.2) is 42.6 Å². The number of rotatable bonds is 4. The maximum Gasteiger partial charge on any atom is 0.262 e. The Kier molecular flexibility index (Phi) is 4.30. The molecule has 1 aromatic carbocycles. The van der Waals surface area contributed by atoms with Crippen LogP contribution in [0.4, 0.5) is 10.1 Å². The molecular formula is C13H10ClFN2O2. The monoisotopic (exact) mass is 280 g/mol. The molecule has 6 heteroatoms. The van der Waals surface area contributed by atoms with Gasteiger partial charge in [0.05, 0.1) is 6.20 Å². The van der Waals surface area contributed by atoms with Crippen molar-refractivity contribution in [3.63, 3.8) is 0 Å². The van der Waals surface area contributed by atoms with E-state index in [1.165, 1.54) is 12.3 Å². The summed E-state index contributed by atoms with van der Waals surface area (Å²) >= 11 is 5.73. The SMILES string of the molecule is O=C(COc1ccc(F)nc1)Nc1ccc(Cl)cc1. The molecule has 0 saturated heterocycles. The first-order valence-corrected chi connectivity index (χ1v) is 5.81. The van der Waals surface area contributed by atoms with Gasteiger partial charge >= 0.3 is 0 Å². The summed E-state index contributed by atoms with van der Waals surface area (Å²) in [5.41, 5.74) is 0.621. The third-order valence-corrected chi connectivity index (χ3v) is 2.45. The average Bonchev–Trinajstić information content (AvgIpc) is 2.41. The number of aromatic nitrogens is 1. The number of ether oxygens (including phenoxy) is 1. The van der Waals surface area contributed by atoms with Crippen LogP contribution >= 0.6 is 11.6 Å². The van der Waals surface area contributed by atoms with Gasteiger partial charge in [-0.25, -0.2) is 4.98 Å². The summed E-state index contributed by atoms with van der Waals surface area (Å²) in [6.45, 7) is -0.185. The van der Waals surface area contributed by atoms with Crippen molar-refractivity contribution in [3.05, 3.63) is 53.6 Å². The summed E-state index contributed by atoms with van der Waals surface area (Å²) in [4.78, 5) is 15.0. The number of hydrogen-bond acceptors (Lipinski definition) is 3. The molecule has 1 aromatic heterocycles. The number of benzene rings is 1. The minimum absolute atomic E-state index is 0.185. The number of nitrogens with zero attached hydrogens (tertiary/aromatic N) is 1. The number of nitrogens with one attached hydrogen (secondary N) is 1. The van der Waals surface area contributed by atoms with Gasteiger partial charge in [-0.2, -0.15) is 4.39 Å². The summed E-state index contributed by atoms with van der Waals surface area (Å²) < 4.78 is 17.7. The van der Waals surface area contributed by atoms with E-state index in [0.29, 0.717) is 16.5 Å². The summed E-state index contributed by atoms with van der Waals surface area (Å²) in [6.07, 6.45) is 1.21. The Morgan fingerprint density at radius 3 is 2.63 bits per heavy atom. The standard InChI is InChI=1S/C13H10ClFN2O2/c14-9-1-3-10(4-2-9)17-13(18)8-19-11-5-6-12(15)16-7-11/h1-7H,8H2,(H,17,18). The quantitative estimate of drug-likeness (QED) is 0.876. The first kappa shape index (κ1) is 13.3. The summed E-state index contributed by atoms with van der Waals surface area (Å²) in [5.74, 6) is -0.600. The van der Waals surface area contributed by atoms with E-state index in [0.717, 1.165) is 6.07 Å². The topological polar surface area (TPSA) is 51.2 Å². The smallest absolute Gasteiger partial charge is 0.262 e. The second-order valence-electron chi connectivity index (χ2n) is 3.66. The van der Waals surface area contributed by atoms with Gasteiger partial charge in [0.15, 0.2) is 6.61 Å². The fraction of sp³-hybridized carbons (Fsp3) is 0.0769. The zero-order valence-corrected chi connectivity index (χ0v) is 10.5. The first-order chi connectivity index (χ1) is 9.13. The zero-order valence-electron chi connectivity index (χ0n) is 9.77. The Morgan fingerprint density at radius 1 is 1.26 bits per heavy atom. The van der Waals surface area contributed by atoms with E-state index in [2.05, 4.69) is 10.3 Å². The molecular weight excluding hydrogens is 271 g/mol. The van der Waals surface area contributed by atoms with Gasteiger partial charge in [-0.15, -0.1) is 0 Å². The molecule has 2 aromatic rings. The van der Waals surface area contributed by atoms with Crippen LogP contribution < -0.4 is 10.1 Å². The molecule has 0 unspecified atom stereocenters. The van der Waals surface area contributed by atoms with Crippen molar-refractivity contribution in [1.29, 1.82) is 0 Å². The van der Waals surface area contributed by atoms with Gasteiger partial charge in [-0.05, 0) is 36.4 Å². The van der Waals surface area contributed by atoms with Crippen LogP contribution in [-0.2, 0) is 4.79 Å². The number of anilines is 1. The molecule has 0 radical (unpaired) electrons. The summed E-state index contributed by atoms with van der Waals surface area (Å²) in [6, 6.07) is 9.26. The van der Waals surface area contributed by atoms with Gasteiger partial charge in [0, 0.05) is 10.7 Å². The van der Waals surface area contributed by atoms with Crippen LogP contribution in [0.3, 0.4) is 0 Å².